The summed E-state index contributed by atoms with van der Waals surface area (Å²) < 4.78 is 6.20. The van der Waals surface area contributed by atoms with Gasteiger partial charge in [0.05, 0.1) is 30.6 Å². The van der Waals surface area contributed by atoms with Crippen LogP contribution in [0.3, 0.4) is 0 Å². The fourth-order valence-corrected chi connectivity index (χ4v) is 5.81. The van der Waals surface area contributed by atoms with Gasteiger partial charge in [0.1, 0.15) is 11.6 Å². The third-order valence-electron chi connectivity index (χ3n) is 7.05. The summed E-state index contributed by atoms with van der Waals surface area (Å²) in [6, 6.07) is 5.08. The first-order chi connectivity index (χ1) is 15.3. The monoisotopic (exact) mass is 462 g/mol. The molecule has 0 aliphatic carbocycles. The van der Waals surface area contributed by atoms with Crippen LogP contribution in [0.2, 0.25) is 5.02 Å². The van der Waals surface area contributed by atoms with Crippen molar-refractivity contribution in [1.29, 1.82) is 0 Å². The van der Waals surface area contributed by atoms with Crippen molar-refractivity contribution in [3.8, 4) is 0 Å². The molecule has 1 aromatic rings. The van der Waals surface area contributed by atoms with Gasteiger partial charge in [-0.05, 0) is 43.5 Å². The van der Waals surface area contributed by atoms with Crippen LogP contribution in [0, 0.1) is 11.8 Å². The van der Waals surface area contributed by atoms with Gasteiger partial charge in [-0.25, -0.2) is 0 Å². The molecule has 9 heteroatoms. The number of halogens is 1. The minimum atomic E-state index is -1.23. The topological polar surface area (TPSA) is 107 Å². The highest BCUT2D eigenvalue weighted by atomic mass is 35.5. The molecule has 172 valence electrons. The molecule has 3 aliphatic rings. The van der Waals surface area contributed by atoms with Crippen molar-refractivity contribution >= 4 is 35.1 Å². The zero-order valence-electron chi connectivity index (χ0n) is 17.8. The van der Waals surface area contributed by atoms with E-state index in [4.69, 9.17) is 16.3 Å². The summed E-state index contributed by atoms with van der Waals surface area (Å²) in [5.74, 6) is -3.88. The normalized spacial score (nSPS) is 31.5. The predicted octanol–water partition coefficient (Wildman–Crippen LogP) is 2.09. The van der Waals surface area contributed by atoms with Crippen molar-refractivity contribution in [1.82, 2.24) is 4.90 Å². The number of anilines is 1. The number of nitrogens with zero attached hydrogens (tertiary/aromatic N) is 2. The van der Waals surface area contributed by atoms with Gasteiger partial charge in [0.15, 0.2) is 0 Å². The number of rotatable bonds is 8. The van der Waals surface area contributed by atoms with Crippen molar-refractivity contribution in [3.63, 3.8) is 0 Å². The molecule has 2 amide bonds. The van der Waals surface area contributed by atoms with Gasteiger partial charge in [-0.2, -0.15) is 0 Å². The summed E-state index contributed by atoms with van der Waals surface area (Å²) in [5.41, 5.74) is -0.651. The number of carbonyl (C=O) groups excluding carboxylic acids is 2. The molecule has 6 atom stereocenters. The number of aliphatic carboxylic acids is 1. The lowest BCUT2D eigenvalue weighted by Gasteiger charge is -2.39. The number of ether oxygens (including phenoxy) is 1. The molecule has 8 nitrogen and oxygen atoms in total. The highest BCUT2D eigenvalue weighted by molar-refractivity contribution is 6.30. The van der Waals surface area contributed by atoms with Gasteiger partial charge in [0.2, 0.25) is 5.91 Å². The molecule has 0 radical (unpaired) electrons. The van der Waals surface area contributed by atoms with Gasteiger partial charge in [0.25, 0.3) is 5.91 Å². The number of carboxylic acid groups (broad SMARTS) is 1. The molecular weight excluding hydrogens is 436 g/mol. The molecule has 3 aliphatic heterocycles. The van der Waals surface area contributed by atoms with Crippen LogP contribution in [0.1, 0.15) is 26.2 Å². The largest absolute Gasteiger partial charge is 0.481 e. The minimum Gasteiger partial charge on any atom is -0.481 e. The number of likely N-dealkylation sites (tertiary alicyclic amines) is 1. The lowest BCUT2D eigenvalue weighted by molar-refractivity contribution is -0.151. The molecule has 2 unspecified atom stereocenters. The number of aliphatic hydroxyl groups is 1. The summed E-state index contributed by atoms with van der Waals surface area (Å²) in [7, 11) is 0. The fraction of sp³-hybridized carbons (Fsp3) is 0.522. The van der Waals surface area contributed by atoms with E-state index in [0.29, 0.717) is 30.0 Å². The van der Waals surface area contributed by atoms with Crippen LogP contribution < -0.4 is 4.90 Å². The summed E-state index contributed by atoms with van der Waals surface area (Å²) in [6.45, 7) is 5.41. The average molecular weight is 463 g/mol. The van der Waals surface area contributed by atoms with Crippen LogP contribution in [0.15, 0.2) is 36.9 Å². The molecule has 32 heavy (non-hydrogen) atoms. The van der Waals surface area contributed by atoms with Crippen molar-refractivity contribution in [3.05, 3.63) is 41.9 Å². The molecular formula is C23H27ClN2O6. The first kappa shape index (κ1) is 22.8. The van der Waals surface area contributed by atoms with Crippen molar-refractivity contribution in [2.75, 3.05) is 18.1 Å². The molecule has 1 aromatic carbocycles. The number of carbonyl (C=O) groups is 3. The molecule has 0 aromatic heterocycles. The van der Waals surface area contributed by atoms with Crippen molar-refractivity contribution in [2.45, 2.75) is 50.0 Å². The Morgan fingerprint density at radius 2 is 2.09 bits per heavy atom. The maximum Gasteiger partial charge on any atom is 0.310 e. The Kier molecular flexibility index (Phi) is 6.04. The van der Waals surface area contributed by atoms with E-state index >= 15 is 0 Å². The second-order valence-electron chi connectivity index (χ2n) is 8.60. The summed E-state index contributed by atoms with van der Waals surface area (Å²) >= 11 is 6.01. The number of benzene rings is 1. The summed E-state index contributed by atoms with van der Waals surface area (Å²) in [6.07, 6.45) is 2.28. The van der Waals surface area contributed by atoms with Crippen molar-refractivity contribution in [2.24, 2.45) is 11.8 Å². The first-order valence-corrected chi connectivity index (χ1v) is 11.2. The number of fused-ring (bicyclic) bond motifs is 1. The Hall–Kier alpha value is -2.42. The smallest absolute Gasteiger partial charge is 0.310 e. The van der Waals surface area contributed by atoms with Crippen LogP contribution in [-0.4, -0.2) is 69.8 Å². The van der Waals surface area contributed by atoms with E-state index < -0.39 is 47.5 Å². The Morgan fingerprint density at radius 3 is 2.66 bits per heavy atom. The van der Waals surface area contributed by atoms with Gasteiger partial charge in [-0.1, -0.05) is 24.6 Å². The lowest BCUT2D eigenvalue weighted by Crippen LogP contribution is -2.59. The SMILES string of the molecule is C=CCN(C(=O)C1N([C@@H](CC)CO)C(=O)[C@@H]2[C@H](C(=O)O)[C@@H]3CCC12O3)c1ccc(Cl)cc1. The van der Waals surface area contributed by atoms with E-state index in [-0.39, 0.29) is 19.1 Å². The number of hydrogen-bond acceptors (Lipinski definition) is 5. The van der Waals surface area contributed by atoms with E-state index in [1.807, 2.05) is 6.92 Å². The number of amides is 2. The quantitative estimate of drug-likeness (QED) is 0.573. The standard InChI is InChI=1S/C23H27ClN2O6/c1-3-11-25(15-7-5-13(24)6-8-15)21(29)19-23-10-9-16(32-23)17(22(30)31)18(23)20(28)26(19)14(4-2)12-27/h3,5-8,14,16-19,27H,1,4,9-12H2,2H3,(H,30,31)/t14-,16-,17+,18-,19?,23?/m0/s1. The zero-order valence-corrected chi connectivity index (χ0v) is 18.6. The number of hydrogen-bond donors (Lipinski definition) is 2. The Bertz CT molecular complexity index is 933. The third-order valence-corrected chi connectivity index (χ3v) is 7.30. The van der Waals surface area contributed by atoms with Gasteiger partial charge in [0, 0.05) is 17.3 Å². The molecule has 3 fully saturated rings. The molecule has 2 N–H and O–H groups in total. The first-order valence-electron chi connectivity index (χ1n) is 10.8. The van der Waals surface area contributed by atoms with Crippen LogP contribution in [-0.2, 0) is 19.1 Å². The predicted molar refractivity (Wildman–Crippen MR) is 117 cm³/mol. The maximum atomic E-state index is 14.1. The Morgan fingerprint density at radius 1 is 1.41 bits per heavy atom. The second-order valence-corrected chi connectivity index (χ2v) is 9.03. The van der Waals surface area contributed by atoms with E-state index in [1.165, 1.54) is 9.80 Å². The maximum absolute atomic E-state index is 14.1. The van der Waals surface area contributed by atoms with Crippen LogP contribution in [0.5, 0.6) is 0 Å². The Labute approximate surface area is 191 Å². The van der Waals surface area contributed by atoms with Gasteiger partial charge in [-0.3, -0.25) is 14.4 Å². The van der Waals surface area contributed by atoms with E-state index in [9.17, 15) is 24.6 Å². The molecule has 4 rings (SSSR count). The van der Waals surface area contributed by atoms with Crippen LogP contribution in [0.25, 0.3) is 0 Å². The average Bonchev–Trinajstić information content (AvgIpc) is 3.41. The van der Waals surface area contributed by atoms with Gasteiger partial charge in [-0.15, -0.1) is 6.58 Å². The molecule has 3 heterocycles. The molecule has 1 spiro atoms. The molecule has 2 bridgehead atoms. The fourth-order valence-electron chi connectivity index (χ4n) is 5.68. The van der Waals surface area contributed by atoms with Crippen molar-refractivity contribution < 1.29 is 29.3 Å². The number of carboxylic acids is 1. The highest BCUT2D eigenvalue weighted by Gasteiger charge is 2.75. The Balaban J connectivity index is 1.82. The van der Waals surface area contributed by atoms with Crippen LogP contribution >= 0.6 is 11.6 Å². The summed E-state index contributed by atoms with van der Waals surface area (Å²) in [4.78, 5) is 42.6. The lowest BCUT2D eigenvalue weighted by atomic mass is 9.70. The van der Waals surface area contributed by atoms with Gasteiger partial charge < -0.3 is 24.7 Å². The summed E-state index contributed by atoms with van der Waals surface area (Å²) in [5, 5.41) is 20.3. The molecule has 0 saturated carbocycles. The third kappa shape index (κ3) is 3.24. The number of aliphatic hydroxyl groups excluding tert-OH is 1. The zero-order chi connectivity index (χ0) is 23.2. The van der Waals surface area contributed by atoms with Gasteiger partial charge >= 0.3 is 5.97 Å². The highest BCUT2D eigenvalue weighted by Crippen LogP contribution is 2.59. The van der Waals surface area contributed by atoms with E-state index in [2.05, 4.69) is 6.58 Å². The second kappa shape index (κ2) is 8.50. The van der Waals surface area contributed by atoms with E-state index in [0.717, 1.165) is 0 Å². The minimum absolute atomic E-state index is 0.182. The molecule has 3 saturated heterocycles. The van der Waals surface area contributed by atoms with E-state index in [1.54, 1.807) is 30.3 Å². The van der Waals surface area contributed by atoms with Crippen LogP contribution in [0.4, 0.5) is 5.69 Å².